The fourth-order valence-electron chi connectivity index (χ4n) is 5.88. The van der Waals surface area contributed by atoms with E-state index in [0.29, 0.717) is 15.1 Å². The maximum absolute atomic E-state index is 11.8. The highest BCUT2D eigenvalue weighted by Gasteiger charge is 2.59. The van der Waals surface area contributed by atoms with Crippen molar-refractivity contribution in [2.24, 2.45) is 11.8 Å². The van der Waals surface area contributed by atoms with Gasteiger partial charge in [0.1, 0.15) is 0 Å². The van der Waals surface area contributed by atoms with Crippen molar-refractivity contribution in [1.82, 2.24) is 4.98 Å². The Bertz CT molecular complexity index is 1160. The number of pyridine rings is 1. The fraction of sp³-hybridized carbons (Fsp3) is 0.346. The lowest BCUT2D eigenvalue weighted by atomic mass is 9.60. The Balaban J connectivity index is 1.61. The predicted molar refractivity (Wildman–Crippen MR) is 136 cm³/mol. The van der Waals surface area contributed by atoms with E-state index in [2.05, 4.69) is 22.0 Å². The zero-order chi connectivity index (χ0) is 23.3. The number of hydrogen-bond donors (Lipinski definition) is 1. The monoisotopic (exact) mass is 565 g/mol. The summed E-state index contributed by atoms with van der Waals surface area (Å²) in [7, 11) is 0. The summed E-state index contributed by atoms with van der Waals surface area (Å²) in [6.45, 7) is 2.04. The Labute approximate surface area is 217 Å². The van der Waals surface area contributed by atoms with Gasteiger partial charge in [0.15, 0.2) is 5.79 Å². The first kappa shape index (κ1) is 23.6. The Morgan fingerprint density at radius 3 is 2.39 bits per heavy atom. The second-order valence-electron chi connectivity index (χ2n) is 8.99. The summed E-state index contributed by atoms with van der Waals surface area (Å²) in [5, 5.41) is 13.7. The number of ether oxygens (including phenoxy) is 1. The minimum atomic E-state index is -1.38. The maximum atomic E-state index is 11.8. The van der Waals surface area contributed by atoms with Crippen LogP contribution < -0.4 is 0 Å². The molecule has 172 valence electrons. The van der Waals surface area contributed by atoms with E-state index in [4.69, 9.17) is 44.5 Å². The molecule has 0 radical (unpaired) electrons. The third-order valence-corrected chi connectivity index (χ3v) is 8.51. The molecule has 5 rings (SSSR count). The Morgan fingerprint density at radius 2 is 1.73 bits per heavy atom. The van der Waals surface area contributed by atoms with E-state index in [-0.39, 0.29) is 29.8 Å². The molecule has 2 heterocycles. The Kier molecular flexibility index (Phi) is 6.54. The molecule has 2 fully saturated rings. The molecule has 0 amide bonds. The van der Waals surface area contributed by atoms with Crippen LogP contribution in [0.15, 0.2) is 65.3 Å². The summed E-state index contributed by atoms with van der Waals surface area (Å²) < 4.78 is 7.28. The highest BCUT2D eigenvalue weighted by molar-refractivity contribution is 9.10. The Hall–Kier alpha value is -1.14. The molecule has 1 saturated carbocycles. The number of aliphatic hydroxyl groups is 1. The molecule has 6 atom stereocenters. The molecular weight excluding hydrogens is 545 g/mol. The van der Waals surface area contributed by atoms with Crippen molar-refractivity contribution < 1.29 is 9.84 Å². The van der Waals surface area contributed by atoms with Gasteiger partial charge in [-0.3, -0.25) is 4.98 Å². The van der Waals surface area contributed by atoms with Gasteiger partial charge < -0.3 is 9.84 Å². The van der Waals surface area contributed by atoms with E-state index in [0.717, 1.165) is 34.1 Å². The SMILES string of the molecule is CC1OC(O)(c2ccc(Cl)cc2)C2CCC(c3ccc(Cl)cc3Cl)C(c3ccc(Br)cn3)C12. The van der Waals surface area contributed by atoms with Gasteiger partial charge in [0.2, 0.25) is 0 Å². The molecule has 1 aromatic heterocycles. The molecule has 33 heavy (non-hydrogen) atoms. The fourth-order valence-corrected chi connectivity index (χ4v) is 6.79. The molecular formula is C26H23BrCl3NO2. The van der Waals surface area contributed by atoms with Gasteiger partial charge in [0, 0.05) is 54.7 Å². The van der Waals surface area contributed by atoms with Crippen molar-refractivity contribution in [3.63, 3.8) is 0 Å². The topological polar surface area (TPSA) is 42.4 Å². The smallest absolute Gasteiger partial charge is 0.195 e. The molecule has 1 saturated heterocycles. The molecule has 7 heteroatoms. The zero-order valence-corrected chi connectivity index (χ0v) is 21.7. The highest BCUT2D eigenvalue weighted by Crippen LogP contribution is 2.60. The van der Waals surface area contributed by atoms with Crippen LogP contribution in [0.3, 0.4) is 0 Å². The van der Waals surface area contributed by atoms with Crippen LogP contribution in [0.2, 0.25) is 15.1 Å². The second-order valence-corrected chi connectivity index (χ2v) is 11.2. The molecule has 0 spiro atoms. The number of benzene rings is 2. The average Bonchev–Trinajstić information content (AvgIpc) is 3.05. The minimum absolute atomic E-state index is 0.0202. The third-order valence-electron chi connectivity index (χ3n) is 7.22. The lowest BCUT2D eigenvalue weighted by Gasteiger charge is -2.43. The molecule has 1 N–H and O–H groups in total. The summed E-state index contributed by atoms with van der Waals surface area (Å²) >= 11 is 22.5. The number of hydrogen-bond acceptors (Lipinski definition) is 3. The van der Waals surface area contributed by atoms with E-state index in [1.807, 2.05) is 43.5 Å². The van der Waals surface area contributed by atoms with Crippen molar-refractivity contribution in [2.75, 3.05) is 0 Å². The van der Waals surface area contributed by atoms with E-state index in [9.17, 15) is 5.11 Å². The number of aromatic nitrogens is 1. The van der Waals surface area contributed by atoms with E-state index < -0.39 is 5.79 Å². The van der Waals surface area contributed by atoms with Crippen molar-refractivity contribution in [1.29, 1.82) is 0 Å². The van der Waals surface area contributed by atoms with Crippen molar-refractivity contribution in [2.45, 2.75) is 43.5 Å². The average molecular weight is 568 g/mol. The van der Waals surface area contributed by atoms with Crippen LogP contribution >= 0.6 is 50.7 Å². The van der Waals surface area contributed by atoms with Crippen LogP contribution in [0.1, 0.15) is 48.4 Å². The standard InChI is InChI=1S/C26H23BrCl3NO2/c1-14-24-21(26(32,33-14)15-2-5-17(28)6-3-15)10-9-20(19-8-7-18(29)12-22(19)30)25(24)23-11-4-16(27)13-31-23/h2-8,11-14,20-21,24-25,32H,9-10H2,1H3. The maximum Gasteiger partial charge on any atom is 0.195 e. The first-order chi connectivity index (χ1) is 15.8. The van der Waals surface area contributed by atoms with Crippen molar-refractivity contribution >= 4 is 50.7 Å². The lowest BCUT2D eigenvalue weighted by molar-refractivity contribution is -0.220. The van der Waals surface area contributed by atoms with Gasteiger partial charge in [-0.1, -0.05) is 53.0 Å². The normalized spacial score (nSPS) is 31.4. The quantitative estimate of drug-likeness (QED) is 0.349. The summed E-state index contributed by atoms with van der Waals surface area (Å²) in [6, 6.07) is 17.1. The van der Waals surface area contributed by atoms with E-state index in [1.54, 1.807) is 18.2 Å². The molecule has 2 aromatic carbocycles. The van der Waals surface area contributed by atoms with Crippen LogP contribution in [0.4, 0.5) is 0 Å². The first-order valence-electron chi connectivity index (χ1n) is 11.0. The Morgan fingerprint density at radius 1 is 1.00 bits per heavy atom. The van der Waals surface area contributed by atoms with Gasteiger partial charge in [-0.05, 0) is 83.6 Å². The summed E-state index contributed by atoms with van der Waals surface area (Å²) in [6.07, 6.45) is 3.28. The van der Waals surface area contributed by atoms with Gasteiger partial charge in [-0.25, -0.2) is 0 Å². The van der Waals surface area contributed by atoms with Crippen LogP contribution in [-0.4, -0.2) is 16.2 Å². The van der Waals surface area contributed by atoms with E-state index >= 15 is 0 Å². The molecule has 6 unspecified atom stereocenters. The number of fused-ring (bicyclic) bond motifs is 1. The van der Waals surface area contributed by atoms with Crippen molar-refractivity contribution in [3.8, 4) is 0 Å². The van der Waals surface area contributed by atoms with Gasteiger partial charge in [0.25, 0.3) is 0 Å². The molecule has 1 aliphatic carbocycles. The largest absolute Gasteiger partial charge is 0.362 e. The van der Waals surface area contributed by atoms with Gasteiger partial charge >= 0.3 is 0 Å². The van der Waals surface area contributed by atoms with Crippen LogP contribution in [-0.2, 0) is 10.5 Å². The van der Waals surface area contributed by atoms with E-state index in [1.165, 1.54) is 0 Å². The third kappa shape index (κ3) is 4.24. The lowest BCUT2D eigenvalue weighted by Crippen LogP contribution is -2.40. The molecule has 3 aromatic rings. The predicted octanol–water partition coefficient (Wildman–Crippen LogP) is 7.96. The highest BCUT2D eigenvalue weighted by atomic mass is 79.9. The first-order valence-corrected chi connectivity index (χ1v) is 12.9. The molecule has 0 bridgehead atoms. The minimum Gasteiger partial charge on any atom is -0.362 e. The summed E-state index contributed by atoms with van der Waals surface area (Å²) in [5.41, 5.74) is 2.76. The molecule has 2 aliphatic rings. The number of halogens is 4. The van der Waals surface area contributed by atoms with Crippen molar-refractivity contribution in [3.05, 3.63) is 97.2 Å². The molecule has 1 aliphatic heterocycles. The van der Waals surface area contributed by atoms with Gasteiger partial charge in [-0.2, -0.15) is 0 Å². The van der Waals surface area contributed by atoms with Gasteiger partial charge in [0.05, 0.1) is 6.10 Å². The van der Waals surface area contributed by atoms with Gasteiger partial charge in [-0.15, -0.1) is 0 Å². The van der Waals surface area contributed by atoms with Crippen LogP contribution in [0.25, 0.3) is 0 Å². The molecule has 3 nitrogen and oxygen atoms in total. The van der Waals surface area contributed by atoms with Crippen LogP contribution in [0.5, 0.6) is 0 Å². The summed E-state index contributed by atoms with van der Waals surface area (Å²) in [4.78, 5) is 4.78. The van der Waals surface area contributed by atoms with Crippen LogP contribution in [0, 0.1) is 11.8 Å². The zero-order valence-electron chi connectivity index (χ0n) is 17.9. The second kappa shape index (κ2) is 9.14. The number of nitrogens with zero attached hydrogens (tertiary/aromatic N) is 1. The number of rotatable bonds is 3. The summed E-state index contributed by atoms with van der Waals surface area (Å²) in [5.74, 6) is -1.27.